The lowest BCUT2D eigenvalue weighted by atomic mass is 10.2. The largest absolute Gasteiger partial charge is 0.351 e. The summed E-state index contributed by atoms with van der Waals surface area (Å²) in [6.07, 6.45) is 2.68. The molecule has 0 fully saturated rings. The van der Waals surface area contributed by atoms with Crippen LogP contribution in [0.5, 0.6) is 0 Å². The minimum Gasteiger partial charge on any atom is -0.351 e. The number of carbonyl (C=O) groups excluding carboxylic acids is 1. The number of pyridine rings is 1. The molecular weight excluding hydrogens is 325 g/mol. The van der Waals surface area contributed by atoms with Crippen LogP contribution in [0.4, 0.5) is 0 Å². The van der Waals surface area contributed by atoms with Crippen molar-refractivity contribution in [2.75, 3.05) is 26.9 Å². The van der Waals surface area contributed by atoms with Crippen LogP contribution >= 0.6 is 7.52 Å². The molecule has 2 rings (SSSR count). The van der Waals surface area contributed by atoms with Gasteiger partial charge in [-0.1, -0.05) is 30.7 Å². The van der Waals surface area contributed by atoms with E-state index < -0.39 is 7.52 Å². The number of para-hydroxylation sites is 1. The molecule has 0 aliphatic heterocycles. The quantitative estimate of drug-likeness (QED) is 0.537. The summed E-state index contributed by atoms with van der Waals surface area (Å²) in [7, 11) is -1.20. The predicted molar refractivity (Wildman–Crippen MR) is 96.5 cm³/mol. The SMILES string of the molecule is COP(C)(=O)NCCCCCNC(=O)c1ccc2ccccc2n1. The summed E-state index contributed by atoms with van der Waals surface area (Å²) in [5.74, 6) is -0.156. The molecule has 1 heterocycles. The minimum absolute atomic E-state index is 0.156. The number of rotatable bonds is 9. The van der Waals surface area contributed by atoms with Gasteiger partial charge in [-0.25, -0.2) is 10.1 Å². The van der Waals surface area contributed by atoms with Gasteiger partial charge < -0.3 is 9.84 Å². The van der Waals surface area contributed by atoms with Crippen LogP contribution in [0.3, 0.4) is 0 Å². The molecule has 1 aromatic carbocycles. The van der Waals surface area contributed by atoms with E-state index in [0.717, 1.165) is 30.2 Å². The molecule has 7 heteroatoms. The van der Waals surface area contributed by atoms with Gasteiger partial charge in [0.2, 0.25) is 0 Å². The topological polar surface area (TPSA) is 80.3 Å². The minimum atomic E-state index is -2.63. The van der Waals surface area contributed by atoms with E-state index in [2.05, 4.69) is 15.4 Å². The second-order valence-corrected chi connectivity index (χ2v) is 8.02. The Hall–Kier alpha value is -1.75. The second kappa shape index (κ2) is 8.92. The van der Waals surface area contributed by atoms with Gasteiger partial charge in [-0.05, 0) is 25.0 Å². The number of fused-ring (bicyclic) bond motifs is 1. The van der Waals surface area contributed by atoms with Crippen LogP contribution in [0.25, 0.3) is 10.9 Å². The third-order valence-corrected chi connectivity index (χ3v) is 5.21. The van der Waals surface area contributed by atoms with E-state index in [1.165, 1.54) is 7.11 Å². The van der Waals surface area contributed by atoms with Crippen LogP contribution in [-0.2, 0) is 9.09 Å². The van der Waals surface area contributed by atoms with Gasteiger partial charge in [-0.2, -0.15) is 0 Å². The Morgan fingerprint density at radius 2 is 1.88 bits per heavy atom. The zero-order valence-electron chi connectivity index (χ0n) is 14.1. The van der Waals surface area contributed by atoms with Gasteiger partial charge in [0.05, 0.1) is 5.52 Å². The zero-order chi connectivity index (χ0) is 17.4. The van der Waals surface area contributed by atoms with Gasteiger partial charge in [0.25, 0.3) is 13.4 Å². The Labute approximate surface area is 142 Å². The molecule has 1 atom stereocenters. The molecule has 0 saturated carbocycles. The fourth-order valence-electron chi connectivity index (χ4n) is 2.26. The lowest BCUT2D eigenvalue weighted by molar-refractivity contribution is 0.0948. The number of benzene rings is 1. The van der Waals surface area contributed by atoms with Gasteiger partial charge in [0.15, 0.2) is 0 Å². The number of aromatic nitrogens is 1. The molecule has 0 bridgehead atoms. The van der Waals surface area contributed by atoms with Gasteiger partial charge in [-0.15, -0.1) is 0 Å². The Kier molecular flexibility index (Phi) is 6.91. The van der Waals surface area contributed by atoms with Crippen molar-refractivity contribution in [3.05, 3.63) is 42.1 Å². The molecule has 0 aliphatic carbocycles. The average Bonchev–Trinajstić information content (AvgIpc) is 2.60. The van der Waals surface area contributed by atoms with E-state index in [9.17, 15) is 9.36 Å². The summed E-state index contributed by atoms with van der Waals surface area (Å²) in [6, 6.07) is 11.4. The standard InChI is InChI=1S/C17H24N3O3P/c1-23-24(2,22)19-13-7-3-6-12-18-17(21)16-11-10-14-8-4-5-9-15(14)20-16/h4-5,8-11H,3,6-7,12-13H2,1-2H3,(H,18,21)(H,19,22). The fourth-order valence-corrected chi connectivity index (χ4v) is 2.95. The van der Waals surface area contributed by atoms with Gasteiger partial charge >= 0.3 is 0 Å². The van der Waals surface area contributed by atoms with Crippen LogP contribution in [0.2, 0.25) is 0 Å². The molecule has 1 amide bonds. The van der Waals surface area contributed by atoms with Crippen molar-refractivity contribution in [2.45, 2.75) is 19.3 Å². The molecule has 130 valence electrons. The monoisotopic (exact) mass is 349 g/mol. The molecule has 24 heavy (non-hydrogen) atoms. The second-order valence-electron chi connectivity index (χ2n) is 5.64. The van der Waals surface area contributed by atoms with Crippen molar-refractivity contribution in [1.29, 1.82) is 0 Å². The molecule has 6 nitrogen and oxygen atoms in total. The third kappa shape index (κ3) is 5.71. The van der Waals surface area contributed by atoms with Crippen molar-refractivity contribution in [3.63, 3.8) is 0 Å². The van der Waals surface area contributed by atoms with Crippen molar-refractivity contribution in [3.8, 4) is 0 Å². The molecule has 2 aromatic rings. The summed E-state index contributed by atoms with van der Waals surface area (Å²) in [5, 5.41) is 6.79. The maximum Gasteiger partial charge on any atom is 0.269 e. The molecule has 1 unspecified atom stereocenters. The molecule has 0 radical (unpaired) electrons. The molecular formula is C17H24N3O3P. The molecule has 0 saturated heterocycles. The Bertz CT molecular complexity index is 736. The van der Waals surface area contributed by atoms with Crippen molar-refractivity contribution < 1.29 is 13.9 Å². The van der Waals surface area contributed by atoms with Crippen molar-refractivity contribution in [2.24, 2.45) is 0 Å². The van der Waals surface area contributed by atoms with Gasteiger partial charge in [0.1, 0.15) is 5.69 Å². The third-order valence-electron chi connectivity index (χ3n) is 3.72. The molecule has 1 aromatic heterocycles. The van der Waals surface area contributed by atoms with Crippen LogP contribution in [-0.4, -0.2) is 37.8 Å². The summed E-state index contributed by atoms with van der Waals surface area (Å²) in [6.45, 7) is 2.80. The first kappa shape index (κ1) is 18.6. The summed E-state index contributed by atoms with van der Waals surface area (Å²) >= 11 is 0. The van der Waals surface area contributed by atoms with Gasteiger partial charge in [0, 0.05) is 32.3 Å². The number of unbranched alkanes of at least 4 members (excludes halogenated alkanes) is 2. The first-order valence-electron chi connectivity index (χ1n) is 8.04. The van der Waals surface area contributed by atoms with Crippen LogP contribution in [0.1, 0.15) is 29.8 Å². The van der Waals surface area contributed by atoms with E-state index >= 15 is 0 Å². The van der Waals surface area contributed by atoms with E-state index in [0.29, 0.717) is 18.8 Å². The Morgan fingerprint density at radius 1 is 1.12 bits per heavy atom. The van der Waals surface area contributed by atoms with E-state index in [-0.39, 0.29) is 5.91 Å². The zero-order valence-corrected chi connectivity index (χ0v) is 15.0. The first-order chi connectivity index (χ1) is 11.5. The van der Waals surface area contributed by atoms with E-state index in [1.807, 2.05) is 30.3 Å². The summed E-state index contributed by atoms with van der Waals surface area (Å²) in [5.41, 5.74) is 1.25. The normalized spacial score (nSPS) is 13.6. The summed E-state index contributed by atoms with van der Waals surface area (Å²) < 4.78 is 16.5. The van der Waals surface area contributed by atoms with Crippen LogP contribution in [0, 0.1) is 0 Å². The highest BCUT2D eigenvalue weighted by molar-refractivity contribution is 7.55. The number of carbonyl (C=O) groups is 1. The van der Waals surface area contributed by atoms with E-state index in [4.69, 9.17) is 4.52 Å². The lowest BCUT2D eigenvalue weighted by Gasteiger charge is -2.11. The maximum absolute atomic E-state index is 12.1. The fraction of sp³-hybridized carbons (Fsp3) is 0.412. The van der Waals surface area contributed by atoms with E-state index in [1.54, 1.807) is 12.7 Å². The average molecular weight is 349 g/mol. The number of hydrogen-bond acceptors (Lipinski definition) is 4. The summed E-state index contributed by atoms with van der Waals surface area (Å²) in [4.78, 5) is 16.5. The highest BCUT2D eigenvalue weighted by Gasteiger charge is 2.11. The van der Waals surface area contributed by atoms with Gasteiger partial charge in [-0.3, -0.25) is 9.36 Å². The van der Waals surface area contributed by atoms with Crippen molar-refractivity contribution >= 4 is 24.3 Å². The number of nitrogens with zero attached hydrogens (tertiary/aromatic N) is 1. The Balaban J connectivity index is 1.68. The van der Waals surface area contributed by atoms with Crippen LogP contribution < -0.4 is 10.4 Å². The molecule has 0 spiro atoms. The predicted octanol–water partition coefficient (Wildman–Crippen LogP) is 3.19. The maximum atomic E-state index is 12.1. The smallest absolute Gasteiger partial charge is 0.269 e. The highest BCUT2D eigenvalue weighted by Crippen LogP contribution is 2.35. The number of amides is 1. The Morgan fingerprint density at radius 3 is 2.67 bits per heavy atom. The van der Waals surface area contributed by atoms with Crippen LogP contribution in [0.15, 0.2) is 36.4 Å². The first-order valence-corrected chi connectivity index (χ1v) is 10.1. The number of hydrogen-bond donors (Lipinski definition) is 2. The molecule has 2 N–H and O–H groups in total. The van der Waals surface area contributed by atoms with Crippen molar-refractivity contribution in [1.82, 2.24) is 15.4 Å². The number of nitrogens with one attached hydrogen (secondary N) is 2. The lowest BCUT2D eigenvalue weighted by Crippen LogP contribution is -2.25. The molecule has 0 aliphatic rings. The highest BCUT2D eigenvalue weighted by atomic mass is 31.2.